The molecular weight excluding hydrogens is 442 g/mol. The molecule has 1 atom stereocenters. The molecule has 10 nitrogen and oxygen atoms in total. The van der Waals surface area contributed by atoms with E-state index in [0.717, 1.165) is 0 Å². The van der Waals surface area contributed by atoms with Crippen LogP contribution in [0.1, 0.15) is 45.2 Å². The van der Waals surface area contributed by atoms with Crippen LogP contribution in [0.4, 0.5) is 0 Å². The van der Waals surface area contributed by atoms with Crippen molar-refractivity contribution in [2.45, 2.75) is 45.3 Å². The van der Waals surface area contributed by atoms with Crippen LogP contribution in [0.15, 0.2) is 23.0 Å². The quantitative estimate of drug-likeness (QED) is 0.278. The number of benzene rings is 1. The van der Waals surface area contributed by atoms with Gasteiger partial charge in [-0.05, 0) is 39.3 Å². The highest BCUT2D eigenvalue weighted by Crippen LogP contribution is 2.24. The minimum Gasteiger partial charge on any atom is -0.458 e. The molecule has 1 unspecified atom stereocenters. The van der Waals surface area contributed by atoms with Gasteiger partial charge in [0.1, 0.15) is 24.9 Å². The summed E-state index contributed by atoms with van der Waals surface area (Å²) in [5.41, 5.74) is 0.891. The summed E-state index contributed by atoms with van der Waals surface area (Å²) in [5, 5.41) is 2.30. The van der Waals surface area contributed by atoms with Gasteiger partial charge in [0.15, 0.2) is 0 Å². The Morgan fingerprint density at radius 3 is 2.62 bits per heavy atom. The van der Waals surface area contributed by atoms with E-state index >= 15 is 0 Å². The molecule has 0 aliphatic carbocycles. The number of imidazole rings is 1. The summed E-state index contributed by atoms with van der Waals surface area (Å²) < 4.78 is 18.7. The maximum atomic E-state index is 12.9. The molecule has 0 saturated carbocycles. The highest BCUT2D eigenvalue weighted by Gasteiger charge is 2.31. The molecule has 1 fully saturated rings. The van der Waals surface area contributed by atoms with E-state index in [1.807, 2.05) is 0 Å². The molecule has 0 spiro atoms. The van der Waals surface area contributed by atoms with E-state index in [0.29, 0.717) is 16.6 Å². The zero-order valence-corrected chi connectivity index (χ0v) is 19.8. The number of aryl methyl sites for hydroxylation is 1. The van der Waals surface area contributed by atoms with Crippen molar-refractivity contribution in [1.82, 2.24) is 14.5 Å². The molecule has 1 aliphatic rings. The Kier molecular flexibility index (Phi) is 7.91. The summed E-state index contributed by atoms with van der Waals surface area (Å²) in [5.74, 6) is 4.66. The summed E-state index contributed by atoms with van der Waals surface area (Å²) in [7, 11) is 1.62. The molecule has 0 bridgehead atoms. The molecule has 0 radical (unpaired) electrons. The first kappa shape index (κ1) is 25.2. The van der Waals surface area contributed by atoms with Crippen molar-refractivity contribution in [2.24, 2.45) is 7.05 Å². The molecule has 2 aromatic rings. The predicted molar refractivity (Wildman–Crippen MR) is 123 cm³/mol. The van der Waals surface area contributed by atoms with E-state index in [9.17, 15) is 19.2 Å². The summed E-state index contributed by atoms with van der Waals surface area (Å²) in [4.78, 5) is 48.3. The largest absolute Gasteiger partial charge is 0.458 e. The number of aromatic nitrogens is 2. The first-order valence-corrected chi connectivity index (χ1v) is 11.0. The van der Waals surface area contributed by atoms with E-state index in [2.05, 4.69) is 17.2 Å². The number of imide groups is 1. The van der Waals surface area contributed by atoms with Crippen molar-refractivity contribution in [1.29, 1.82) is 0 Å². The normalized spacial score (nSPS) is 16.2. The van der Waals surface area contributed by atoms with Crippen LogP contribution in [-0.4, -0.2) is 58.9 Å². The van der Waals surface area contributed by atoms with Crippen LogP contribution in [0.2, 0.25) is 0 Å². The van der Waals surface area contributed by atoms with Crippen LogP contribution in [0.5, 0.6) is 0 Å². The first-order valence-electron chi connectivity index (χ1n) is 11.0. The molecule has 2 amide bonds. The fourth-order valence-electron chi connectivity index (χ4n) is 3.67. The van der Waals surface area contributed by atoms with E-state index < -0.39 is 23.5 Å². The third-order valence-electron chi connectivity index (χ3n) is 5.03. The number of carbonyl (C=O) groups is 3. The second kappa shape index (κ2) is 10.7. The molecule has 10 heteroatoms. The Labute approximate surface area is 197 Å². The van der Waals surface area contributed by atoms with Crippen molar-refractivity contribution in [3.63, 3.8) is 0 Å². The second-order valence-electron chi connectivity index (χ2n) is 8.85. The molecule has 1 saturated heterocycles. The number of ether oxygens (including phenoxy) is 3. The number of nitrogens with zero attached hydrogens (tertiary/aromatic N) is 2. The molecular formula is C24H29N3O7. The Morgan fingerprint density at radius 1 is 1.18 bits per heavy atom. The van der Waals surface area contributed by atoms with E-state index in [1.165, 1.54) is 9.13 Å². The number of piperidine rings is 1. The Balaban J connectivity index is 1.61. The van der Waals surface area contributed by atoms with Crippen molar-refractivity contribution < 1.29 is 28.6 Å². The number of carbonyl (C=O) groups excluding carboxylic acids is 3. The summed E-state index contributed by atoms with van der Waals surface area (Å²) >= 11 is 0. The SMILES string of the molecule is Cn1c(=O)n(C2CCC(=O)NC2=O)c2cccc(C#CCOCCOCC(=O)OC(C)(C)C)c21. The van der Waals surface area contributed by atoms with Crippen LogP contribution in [-0.2, 0) is 35.6 Å². The molecule has 182 valence electrons. The van der Waals surface area contributed by atoms with Gasteiger partial charge in [0.2, 0.25) is 11.8 Å². The molecule has 1 aromatic heterocycles. The van der Waals surface area contributed by atoms with Crippen molar-refractivity contribution in [2.75, 3.05) is 26.4 Å². The van der Waals surface area contributed by atoms with Crippen LogP contribution >= 0.6 is 0 Å². The van der Waals surface area contributed by atoms with Gasteiger partial charge in [0.05, 0.1) is 29.8 Å². The van der Waals surface area contributed by atoms with Gasteiger partial charge < -0.3 is 14.2 Å². The van der Waals surface area contributed by atoms with Crippen LogP contribution in [0.3, 0.4) is 0 Å². The molecule has 1 N–H and O–H groups in total. The summed E-state index contributed by atoms with van der Waals surface area (Å²) in [6.07, 6.45) is 0.445. The van der Waals surface area contributed by atoms with Gasteiger partial charge in [-0.15, -0.1) is 0 Å². The predicted octanol–water partition coefficient (Wildman–Crippen LogP) is 1.04. The van der Waals surface area contributed by atoms with Gasteiger partial charge in [-0.1, -0.05) is 17.9 Å². The smallest absolute Gasteiger partial charge is 0.332 e. The number of amides is 2. The Morgan fingerprint density at radius 2 is 1.91 bits per heavy atom. The Bertz CT molecular complexity index is 1210. The monoisotopic (exact) mass is 471 g/mol. The minimum atomic E-state index is -0.749. The lowest BCUT2D eigenvalue weighted by atomic mass is 10.1. The fraction of sp³-hybridized carbons (Fsp3) is 0.500. The molecule has 2 heterocycles. The molecule has 1 aromatic carbocycles. The number of esters is 1. The summed E-state index contributed by atoms with van der Waals surface area (Å²) in [6.45, 7) is 5.82. The van der Waals surface area contributed by atoms with Gasteiger partial charge in [-0.25, -0.2) is 9.59 Å². The van der Waals surface area contributed by atoms with Gasteiger partial charge >= 0.3 is 11.7 Å². The minimum absolute atomic E-state index is 0.133. The van der Waals surface area contributed by atoms with Gasteiger partial charge in [-0.2, -0.15) is 0 Å². The third-order valence-corrected chi connectivity index (χ3v) is 5.03. The van der Waals surface area contributed by atoms with Crippen LogP contribution < -0.4 is 11.0 Å². The fourth-order valence-corrected chi connectivity index (χ4v) is 3.67. The lowest BCUT2D eigenvalue weighted by Gasteiger charge is -2.21. The zero-order chi connectivity index (χ0) is 24.9. The van der Waals surface area contributed by atoms with Crippen molar-refractivity contribution >= 4 is 28.8 Å². The van der Waals surface area contributed by atoms with Gasteiger partial charge in [0, 0.05) is 13.5 Å². The number of nitrogens with one attached hydrogen (secondary N) is 1. The molecule has 1 aliphatic heterocycles. The Hall–Kier alpha value is -3.42. The van der Waals surface area contributed by atoms with E-state index in [4.69, 9.17) is 14.2 Å². The number of fused-ring (bicyclic) bond motifs is 1. The highest BCUT2D eigenvalue weighted by atomic mass is 16.6. The van der Waals surface area contributed by atoms with Crippen LogP contribution in [0, 0.1) is 11.8 Å². The number of rotatable bonds is 7. The van der Waals surface area contributed by atoms with Crippen molar-refractivity contribution in [3.8, 4) is 11.8 Å². The maximum absolute atomic E-state index is 12.9. The lowest BCUT2D eigenvalue weighted by molar-refractivity contribution is -0.160. The van der Waals surface area contributed by atoms with Gasteiger partial charge in [0.25, 0.3) is 0 Å². The molecule has 34 heavy (non-hydrogen) atoms. The number of hydrogen-bond acceptors (Lipinski definition) is 7. The van der Waals surface area contributed by atoms with Crippen LogP contribution in [0.25, 0.3) is 11.0 Å². The third kappa shape index (κ3) is 6.12. The highest BCUT2D eigenvalue weighted by molar-refractivity contribution is 6.00. The maximum Gasteiger partial charge on any atom is 0.332 e. The average Bonchev–Trinajstić information content (AvgIpc) is 3.00. The standard InChI is InChI=1S/C24H29N3O7/c1-24(2,3)34-20(29)15-33-14-13-32-12-6-8-16-7-5-9-17-21(16)26(4)23(31)27(17)18-10-11-19(28)25-22(18)30/h5,7,9,18H,10-15H2,1-4H3,(H,25,28,30). The summed E-state index contributed by atoms with van der Waals surface area (Å²) in [6, 6.07) is 4.55. The first-order chi connectivity index (χ1) is 16.1. The average molecular weight is 472 g/mol. The second-order valence-corrected chi connectivity index (χ2v) is 8.85. The topological polar surface area (TPSA) is 118 Å². The lowest BCUT2D eigenvalue weighted by Crippen LogP contribution is -2.44. The number of hydrogen-bond donors (Lipinski definition) is 1. The number of para-hydroxylation sites is 1. The van der Waals surface area contributed by atoms with E-state index in [-0.39, 0.29) is 50.9 Å². The molecule has 3 rings (SSSR count). The van der Waals surface area contributed by atoms with Crippen molar-refractivity contribution in [3.05, 3.63) is 34.2 Å². The zero-order valence-electron chi connectivity index (χ0n) is 19.8. The van der Waals surface area contributed by atoms with Gasteiger partial charge in [-0.3, -0.25) is 24.0 Å². The van der Waals surface area contributed by atoms with E-state index in [1.54, 1.807) is 46.0 Å².